The maximum atomic E-state index is 13.1. The van der Waals surface area contributed by atoms with Crippen molar-refractivity contribution in [1.29, 1.82) is 0 Å². The van der Waals surface area contributed by atoms with Crippen LogP contribution in [0.15, 0.2) is 36.4 Å². The number of halogens is 1. The standard InChI is InChI=1S/C19H24FN3O3S/c1-14-10-16(11-15-4-6-17(20)7-5-15)12-18(21-14)19-13-23(8-9-26-19)27(24,25)22(2)3/h4-7,10,12,19H,8-9,11,13H2,1-3H3. The average Bonchev–Trinajstić information content (AvgIpc) is 2.63. The van der Waals surface area contributed by atoms with E-state index in [0.29, 0.717) is 25.3 Å². The quantitative estimate of drug-likeness (QED) is 0.782. The van der Waals surface area contributed by atoms with Gasteiger partial charge in [0.2, 0.25) is 0 Å². The molecule has 1 saturated heterocycles. The number of ether oxygens (including phenoxy) is 1. The molecule has 2 aromatic rings. The van der Waals surface area contributed by atoms with Crippen molar-refractivity contribution in [3.05, 3.63) is 64.7 Å². The highest BCUT2D eigenvalue weighted by molar-refractivity contribution is 7.86. The number of aryl methyl sites for hydroxylation is 1. The molecule has 6 nitrogen and oxygen atoms in total. The molecule has 0 radical (unpaired) electrons. The summed E-state index contributed by atoms with van der Waals surface area (Å²) in [5.74, 6) is -0.261. The van der Waals surface area contributed by atoms with Crippen LogP contribution < -0.4 is 0 Å². The Balaban J connectivity index is 1.82. The van der Waals surface area contributed by atoms with Gasteiger partial charge in [-0.25, -0.2) is 4.39 Å². The maximum Gasteiger partial charge on any atom is 0.281 e. The molecule has 0 saturated carbocycles. The summed E-state index contributed by atoms with van der Waals surface area (Å²) in [6.07, 6.45) is 0.226. The first kappa shape index (κ1) is 19.9. The second-order valence-electron chi connectivity index (χ2n) is 6.85. The van der Waals surface area contributed by atoms with E-state index >= 15 is 0 Å². The molecule has 1 unspecified atom stereocenters. The maximum absolute atomic E-state index is 13.1. The van der Waals surface area contributed by atoms with Crippen LogP contribution in [-0.4, -0.2) is 55.8 Å². The highest BCUT2D eigenvalue weighted by Crippen LogP contribution is 2.25. The van der Waals surface area contributed by atoms with E-state index in [1.807, 2.05) is 19.1 Å². The van der Waals surface area contributed by atoms with Gasteiger partial charge in [-0.2, -0.15) is 17.0 Å². The topological polar surface area (TPSA) is 62.7 Å². The molecule has 1 aliphatic heterocycles. The molecule has 146 valence electrons. The van der Waals surface area contributed by atoms with Crippen LogP contribution in [0.4, 0.5) is 4.39 Å². The molecule has 8 heteroatoms. The summed E-state index contributed by atoms with van der Waals surface area (Å²) in [4.78, 5) is 4.55. The first-order valence-electron chi connectivity index (χ1n) is 8.77. The second kappa shape index (κ2) is 8.02. The molecule has 0 aliphatic carbocycles. The van der Waals surface area contributed by atoms with Crippen LogP contribution in [-0.2, 0) is 21.4 Å². The van der Waals surface area contributed by atoms with E-state index in [1.165, 1.54) is 34.8 Å². The summed E-state index contributed by atoms with van der Waals surface area (Å²) in [7, 11) is -0.452. The number of aromatic nitrogens is 1. The lowest BCUT2D eigenvalue weighted by Crippen LogP contribution is -2.47. The SMILES string of the molecule is Cc1cc(Cc2ccc(F)cc2)cc(C2CN(S(=O)(=O)N(C)C)CCO2)n1. The summed E-state index contributed by atoms with van der Waals surface area (Å²) in [5, 5.41) is 0. The number of pyridine rings is 1. The summed E-state index contributed by atoms with van der Waals surface area (Å²) < 4.78 is 46.4. The molecule has 0 amide bonds. The zero-order valence-electron chi connectivity index (χ0n) is 15.7. The third-order valence-electron chi connectivity index (χ3n) is 4.50. The summed E-state index contributed by atoms with van der Waals surface area (Å²) in [6, 6.07) is 10.3. The number of hydrogen-bond donors (Lipinski definition) is 0. The van der Waals surface area contributed by atoms with Crippen LogP contribution in [0, 0.1) is 12.7 Å². The first-order chi connectivity index (χ1) is 12.8. The summed E-state index contributed by atoms with van der Waals surface area (Å²) >= 11 is 0. The van der Waals surface area contributed by atoms with Crippen molar-refractivity contribution in [2.24, 2.45) is 0 Å². The Kier molecular flexibility index (Phi) is 5.90. The lowest BCUT2D eigenvalue weighted by Gasteiger charge is -2.33. The minimum atomic E-state index is -3.49. The lowest BCUT2D eigenvalue weighted by atomic mass is 10.0. The minimum absolute atomic E-state index is 0.229. The van der Waals surface area contributed by atoms with Crippen molar-refractivity contribution in [3.8, 4) is 0 Å². The summed E-state index contributed by atoms with van der Waals surface area (Å²) in [6.45, 7) is 2.77. The Morgan fingerprint density at radius 1 is 1.22 bits per heavy atom. The number of morpholine rings is 1. The smallest absolute Gasteiger partial charge is 0.281 e. The minimum Gasteiger partial charge on any atom is -0.369 e. The monoisotopic (exact) mass is 393 g/mol. The Bertz CT molecular complexity index is 901. The van der Waals surface area contributed by atoms with Crippen molar-refractivity contribution in [2.45, 2.75) is 19.4 Å². The predicted octanol–water partition coefficient (Wildman–Crippen LogP) is 2.30. The van der Waals surface area contributed by atoms with Crippen molar-refractivity contribution >= 4 is 10.2 Å². The Morgan fingerprint density at radius 2 is 1.93 bits per heavy atom. The van der Waals surface area contributed by atoms with E-state index in [0.717, 1.165) is 16.8 Å². The zero-order chi connectivity index (χ0) is 19.6. The molecule has 1 aromatic carbocycles. The van der Waals surface area contributed by atoms with Gasteiger partial charge in [-0.3, -0.25) is 4.98 Å². The first-order valence-corrected chi connectivity index (χ1v) is 10.2. The van der Waals surface area contributed by atoms with Gasteiger partial charge >= 0.3 is 0 Å². The molecule has 0 N–H and O–H groups in total. The molecule has 0 bridgehead atoms. The highest BCUT2D eigenvalue weighted by atomic mass is 32.2. The van der Waals surface area contributed by atoms with Gasteiger partial charge in [0.25, 0.3) is 10.2 Å². The molecule has 1 aliphatic rings. The van der Waals surface area contributed by atoms with Crippen LogP contribution in [0.25, 0.3) is 0 Å². The molecule has 1 aromatic heterocycles. The van der Waals surface area contributed by atoms with Gasteiger partial charge in [0.05, 0.1) is 12.3 Å². The van der Waals surface area contributed by atoms with Gasteiger partial charge in [0, 0.05) is 32.9 Å². The van der Waals surface area contributed by atoms with E-state index in [2.05, 4.69) is 4.98 Å². The number of nitrogens with zero attached hydrogens (tertiary/aromatic N) is 3. The van der Waals surface area contributed by atoms with Crippen molar-refractivity contribution in [3.63, 3.8) is 0 Å². The molecule has 0 spiro atoms. The van der Waals surface area contributed by atoms with Crippen molar-refractivity contribution in [2.75, 3.05) is 33.8 Å². The molecular formula is C19H24FN3O3S. The van der Waals surface area contributed by atoms with E-state index < -0.39 is 16.3 Å². The van der Waals surface area contributed by atoms with Crippen molar-refractivity contribution in [1.82, 2.24) is 13.6 Å². The van der Waals surface area contributed by atoms with Crippen LogP contribution in [0.3, 0.4) is 0 Å². The Labute approximate surface area is 159 Å². The van der Waals surface area contributed by atoms with Gasteiger partial charge in [0.15, 0.2) is 0 Å². The van der Waals surface area contributed by atoms with E-state index in [4.69, 9.17) is 4.74 Å². The van der Waals surface area contributed by atoms with E-state index in [9.17, 15) is 12.8 Å². The molecule has 1 atom stereocenters. The van der Waals surface area contributed by atoms with Gasteiger partial charge in [-0.1, -0.05) is 12.1 Å². The lowest BCUT2D eigenvalue weighted by molar-refractivity contribution is -0.00633. The van der Waals surface area contributed by atoms with Crippen LogP contribution in [0.5, 0.6) is 0 Å². The van der Waals surface area contributed by atoms with Crippen molar-refractivity contribution < 1.29 is 17.5 Å². The largest absolute Gasteiger partial charge is 0.369 e. The highest BCUT2D eigenvalue weighted by Gasteiger charge is 2.32. The fourth-order valence-electron chi connectivity index (χ4n) is 3.12. The summed E-state index contributed by atoms with van der Waals surface area (Å²) in [5.41, 5.74) is 3.57. The number of rotatable bonds is 5. The number of benzene rings is 1. The van der Waals surface area contributed by atoms with Gasteiger partial charge in [-0.05, 0) is 48.7 Å². The third-order valence-corrected chi connectivity index (χ3v) is 6.41. The predicted molar refractivity (Wildman–Crippen MR) is 101 cm³/mol. The Hall–Kier alpha value is -1.87. The molecule has 1 fully saturated rings. The van der Waals surface area contributed by atoms with Crippen LogP contribution in [0.1, 0.15) is 28.6 Å². The normalized spacial score (nSPS) is 18.8. The molecule has 3 rings (SSSR count). The second-order valence-corrected chi connectivity index (χ2v) is 8.99. The molecule has 27 heavy (non-hydrogen) atoms. The van der Waals surface area contributed by atoms with E-state index in [-0.39, 0.29) is 12.4 Å². The fourth-order valence-corrected chi connectivity index (χ4v) is 4.21. The third kappa shape index (κ3) is 4.70. The zero-order valence-corrected chi connectivity index (χ0v) is 16.5. The van der Waals surface area contributed by atoms with Crippen LogP contribution >= 0.6 is 0 Å². The average molecular weight is 393 g/mol. The molecular weight excluding hydrogens is 369 g/mol. The van der Waals surface area contributed by atoms with Gasteiger partial charge in [-0.15, -0.1) is 0 Å². The van der Waals surface area contributed by atoms with E-state index in [1.54, 1.807) is 12.1 Å². The molecule has 2 heterocycles. The number of hydrogen-bond acceptors (Lipinski definition) is 4. The van der Waals surface area contributed by atoms with Gasteiger partial charge in [0.1, 0.15) is 11.9 Å². The van der Waals surface area contributed by atoms with Crippen LogP contribution in [0.2, 0.25) is 0 Å². The van der Waals surface area contributed by atoms with Gasteiger partial charge < -0.3 is 4.74 Å². The Morgan fingerprint density at radius 3 is 2.59 bits per heavy atom. The fraction of sp³-hybridized carbons (Fsp3) is 0.421.